The van der Waals surface area contributed by atoms with Crippen molar-refractivity contribution in [3.8, 4) is 0 Å². The largest absolute Gasteiger partial charge is 0.349 e. The van der Waals surface area contributed by atoms with Gasteiger partial charge in [0.15, 0.2) is 0 Å². The van der Waals surface area contributed by atoms with Gasteiger partial charge in [-0.05, 0) is 37.0 Å². The van der Waals surface area contributed by atoms with Crippen LogP contribution in [0.25, 0.3) is 0 Å². The number of H-pyrrole nitrogens is 1. The van der Waals surface area contributed by atoms with Crippen LogP contribution in [0.3, 0.4) is 0 Å². The summed E-state index contributed by atoms with van der Waals surface area (Å²) in [6.45, 7) is 0.466. The molecule has 1 aliphatic carbocycles. The molecule has 1 heterocycles. The van der Waals surface area contributed by atoms with E-state index in [1.807, 2.05) is 6.07 Å². The Bertz CT molecular complexity index is 667. The maximum atomic E-state index is 11.9. The molecular formula is C14H14Cl2N4O. The Morgan fingerprint density at radius 1 is 1.38 bits per heavy atom. The normalized spacial score (nSPS) is 14.2. The molecule has 0 bridgehead atoms. The van der Waals surface area contributed by atoms with Gasteiger partial charge in [-0.25, -0.2) is 4.98 Å². The average Bonchev–Trinajstić information content (AvgIpc) is 3.18. The zero-order valence-electron chi connectivity index (χ0n) is 11.2. The molecule has 5 nitrogen and oxygen atoms in total. The number of hydrogen-bond acceptors (Lipinski definition) is 3. The van der Waals surface area contributed by atoms with Crippen molar-refractivity contribution in [2.75, 3.05) is 6.54 Å². The first kappa shape index (κ1) is 14.4. The monoisotopic (exact) mass is 324 g/mol. The number of aromatic amines is 1. The zero-order chi connectivity index (χ0) is 14.8. The van der Waals surface area contributed by atoms with Crippen molar-refractivity contribution in [3.05, 3.63) is 45.5 Å². The smallest absolute Gasteiger partial charge is 0.290 e. The van der Waals surface area contributed by atoms with E-state index in [2.05, 4.69) is 20.5 Å². The molecule has 1 fully saturated rings. The summed E-state index contributed by atoms with van der Waals surface area (Å²) in [6.07, 6.45) is 2.86. The van der Waals surface area contributed by atoms with Gasteiger partial charge in [0.25, 0.3) is 5.91 Å². The fourth-order valence-corrected chi connectivity index (χ4v) is 2.53. The van der Waals surface area contributed by atoms with Crippen LogP contribution < -0.4 is 5.32 Å². The molecule has 0 spiro atoms. The molecule has 1 aromatic carbocycles. The fourth-order valence-electron chi connectivity index (χ4n) is 2.03. The lowest BCUT2D eigenvalue weighted by atomic mass is 10.1. The first-order valence-corrected chi connectivity index (χ1v) is 7.53. The van der Waals surface area contributed by atoms with Crippen LogP contribution in [0.15, 0.2) is 18.2 Å². The van der Waals surface area contributed by atoms with Gasteiger partial charge in [0.2, 0.25) is 5.82 Å². The maximum Gasteiger partial charge on any atom is 0.290 e. The van der Waals surface area contributed by atoms with E-state index >= 15 is 0 Å². The number of aromatic nitrogens is 3. The van der Waals surface area contributed by atoms with Crippen LogP contribution in [-0.4, -0.2) is 27.6 Å². The second-order valence-corrected chi connectivity index (χ2v) is 5.90. The minimum absolute atomic E-state index is 0.194. The van der Waals surface area contributed by atoms with Crippen molar-refractivity contribution >= 4 is 29.1 Å². The van der Waals surface area contributed by atoms with Crippen LogP contribution in [-0.2, 0) is 6.42 Å². The number of hydrogen-bond donors (Lipinski definition) is 2. The highest BCUT2D eigenvalue weighted by Gasteiger charge is 2.28. The predicted molar refractivity (Wildman–Crippen MR) is 80.9 cm³/mol. The molecule has 0 saturated heterocycles. The third-order valence-corrected chi connectivity index (χ3v) is 3.95. The quantitative estimate of drug-likeness (QED) is 0.888. The van der Waals surface area contributed by atoms with Crippen molar-refractivity contribution < 1.29 is 4.79 Å². The Balaban J connectivity index is 1.53. The number of amides is 1. The Hall–Kier alpha value is -1.59. The lowest BCUT2D eigenvalue weighted by Crippen LogP contribution is -2.26. The minimum Gasteiger partial charge on any atom is -0.349 e. The maximum absolute atomic E-state index is 11.9. The average molecular weight is 325 g/mol. The second kappa shape index (κ2) is 6.03. The number of nitrogens with one attached hydrogen (secondary N) is 2. The van der Waals surface area contributed by atoms with Gasteiger partial charge in [-0.3, -0.25) is 9.89 Å². The van der Waals surface area contributed by atoms with E-state index in [9.17, 15) is 4.79 Å². The highest BCUT2D eigenvalue weighted by Crippen LogP contribution is 2.37. The van der Waals surface area contributed by atoms with Gasteiger partial charge in [0, 0.05) is 22.5 Å². The highest BCUT2D eigenvalue weighted by molar-refractivity contribution is 6.35. The Morgan fingerprint density at radius 2 is 2.19 bits per heavy atom. The van der Waals surface area contributed by atoms with Gasteiger partial charge in [-0.15, -0.1) is 5.10 Å². The summed E-state index contributed by atoms with van der Waals surface area (Å²) >= 11 is 11.9. The van der Waals surface area contributed by atoms with Crippen LogP contribution in [0.4, 0.5) is 0 Å². The molecule has 0 atom stereocenters. The molecule has 1 amide bonds. The summed E-state index contributed by atoms with van der Waals surface area (Å²) in [5.74, 6) is 1.18. The Kier molecular flexibility index (Phi) is 4.12. The van der Waals surface area contributed by atoms with Crippen molar-refractivity contribution in [2.45, 2.75) is 25.2 Å². The van der Waals surface area contributed by atoms with Crippen LogP contribution in [0, 0.1) is 0 Å². The minimum atomic E-state index is -0.275. The topological polar surface area (TPSA) is 70.7 Å². The standard InChI is InChI=1S/C14H14Cl2N4O/c15-10-4-3-8(11(16)7-10)5-6-17-14(21)13-18-12(19-20-13)9-1-2-9/h3-4,7,9H,1-2,5-6H2,(H,17,21)(H,18,19,20). The molecule has 21 heavy (non-hydrogen) atoms. The third-order valence-electron chi connectivity index (χ3n) is 3.36. The fraction of sp³-hybridized carbons (Fsp3) is 0.357. The van der Waals surface area contributed by atoms with Gasteiger partial charge in [0.1, 0.15) is 5.82 Å². The third kappa shape index (κ3) is 3.54. The molecule has 2 aromatic rings. The highest BCUT2D eigenvalue weighted by atomic mass is 35.5. The molecule has 1 saturated carbocycles. The number of halogens is 2. The zero-order valence-corrected chi connectivity index (χ0v) is 12.7. The molecule has 7 heteroatoms. The van der Waals surface area contributed by atoms with Crippen LogP contribution >= 0.6 is 23.2 Å². The van der Waals surface area contributed by atoms with E-state index in [1.54, 1.807) is 12.1 Å². The molecule has 1 aliphatic rings. The van der Waals surface area contributed by atoms with Crippen molar-refractivity contribution in [1.29, 1.82) is 0 Å². The first-order valence-electron chi connectivity index (χ1n) is 6.78. The summed E-state index contributed by atoms with van der Waals surface area (Å²) in [6, 6.07) is 5.33. The second-order valence-electron chi connectivity index (χ2n) is 5.06. The van der Waals surface area contributed by atoms with Gasteiger partial charge < -0.3 is 5.32 Å². The molecular weight excluding hydrogens is 311 g/mol. The van der Waals surface area contributed by atoms with Crippen LogP contribution in [0.1, 0.15) is 40.8 Å². The number of rotatable bonds is 5. The molecule has 1 aromatic heterocycles. The summed E-state index contributed by atoms with van der Waals surface area (Å²) < 4.78 is 0. The van der Waals surface area contributed by atoms with Gasteiger partial charge in [-0.1, -0.05) is 29.3 Å². The first-order chi connectivity index (χ1) is 10.1. The molecule has 0 aliphatic heterocycles. The summed E-state index contributed by atoms with van der Waals surface area (Å²) in [5, 5.41) is 10.7. The SMILES string of the molecule is O=C(NCCc1ccc(Cl)cc1Cl)c1n[nH]c(C2CC2)n1. The Labute approximate surface area is 132 Å². The summed E-state index contributed by atoms with van der Waals surface area (Å²) in [5.41, 5.74) is 0.940. The van der Waals surface area contributed by atoms with Crippen LogP contribution in [0.5, 0.6) is 0 Å². The molecule has 3 rings (SSSR count). The van der Waals surface area contributed by atoms with Crippen molar-refractivity contribution in [1.82, 2.24) is 20.5 Å². The summed E-state index contributed by atoms with van der Waals surface area (Å²) in [7, 11) is 0. The lowest BCUT2D eigenvalue weighted by Gasteiger charge is -2.05. The lowest BCUT2D eigenvalue weighted by molar-refractivity contribution is 0.0944. The number of benzene rings is 1. The molecule has 2 N–H and O–H groups in total. The van der Waals surface area contributed by atoms with E-state index in [-0.39, 0.29) is 11.7 Å². The van der Waals surface area contributed by atoms with Crippen molar-refractivity contribution in [3.63, 3.8) is 0 Å². The van der Waals surface area contributed by atoms with Gasteiger partial charge >= 0.3 is 0 Å². The molecule has 110 valence electrons. The summed E-state index contributed by atoms with van der Waals surface area (Å²) in [4.78, 5) is 16.1. The predicted octanol–water partition coefficient (Wildman–Crippen LogP) is 2.96. The van der Waals surface area contributed by atoms with E-state index in [4.69, 9.17) is 23.2 Å². The van der Waals surface area contributed by atoms with Crippen LogP contribution in [0.2, 0.25) is 10.0 Å². The molecule has 0 radical (unpaired) electrons. The van der Waals surface area contributed by atoms with Gasteiger partial charge in [-0.2, -0.15) is 0 Å². The van der Waals surface area contributed by atoms with E-state index in [1.165, 1.54) is 0 Å². The number of nitrogens with zero attached hydrogens (tertiary/aromatic N) is 2. The van der Waals surface area contributed by atoms with Crippen molar-refractivity contribution in [2.24, 2.45) is 0 Å². The Morgan fingerprint density at radius 3 is 2.90 bits per heavy atom. The van der Waals surface area contributed by atoms with E-state index < -0.39 is 0 Å². The number of carbonyl (C=O) groups is 1. The molecule has 0 unspecified atom stereocenters. The number of carbonyl (C=O) groups excluding carboxylic acids is 1. The van der Waals surface area contributed by atoms with E-state index in [0.29, 0.717) is 28.9 Å². The van der Waals surface area contributed by atoms with Gasteiger partial charge in [0.05, 0.1) is 0 Å². The van der Waals surface area contributed by atoms with E-state index in [0.717, 1.165) is 24.2 Å².